The Kier molecular flexibility index (Phi) is 7.76. The number of esters is 1. The molecular weight excluding hydrogens is 511 g/mol. The van der Waals surface area contributed by atoms with E-state index in [2.05, 4.69) is 37.0 Å². The number of nitrogens with zero attached hydrogens (tertiary/aromatic N) is 5. The Morgan fingerprint density at radius 1 is 1.16 bits per heavy atom. The third-order valence-corrected chi connectivity index (χ3v) is 5.06. The zero-order valence-corrected chi connectivity index (χ0v) is 20.0. The van der Waals surface area contributed by atoms with E-state index in [1.54, 1.807) is 42.5 Å². The second kappa shape index (κ2) is 11.2. The molecule has 1 fully saturated rings. The van der Waals surface area contributed by atoms with E-state index in [0.29, 0.717) is 37.7 Å². The van der Waals surface area contributed by atoms with Gasteiger partial charge in [-0.15, -0.1) is 0 Å². The molecule has 2 aromatic heterocycles. The molecule has 0 aliphatic carbocycles. The van der Waals surface area contributed by atoms with Crippen LogP contribution >= 0.6 is 0 Å². The number of benzene rings is 1. The number of nitrogens with one attached hydrogen (secondary N) is 2. The molecule has 0 unspecified atom stereocenters. The van der Waals surface area contributed by atoms with Crippen LogP contribution in [0.25, 0.3) is 0 Å². The normalized spacial score (nSPS) is 13.5. The number of ether oxygens (including phenoxy) is 3. The number of halogens is 3. The van der Waals surface area contributed by atoms with Crippen LogP contribution in [0, 0.1) is 0 Å². The van der Waals surface area contributed by atoms with Gasteiger partial charge >= 0.3 is 12.1 Å². The molecule has 0 saturated carbocycles. The molecule has 12 nitrogen and oxygen atoms in total. The van der Waals surface area contributed by atoms with Gasteiger partial charge in [-0.2, -0.15) is 23.3 Å². The minimum Gasteiger partial charge on any atom is -0.437 e. The minimum absolute atomic E-state index is 0.146. The number of alkyl halides is 3. The second-order valence-corrected chi connectivity index (χ2v) is 7.91. The Balaban J connectivity index is 1.52. The molecule has 2 N–H and O–H groups in total. The first kappa shape index (κ1) is 26.4. The first-order valence-electron chi connectivity index (χ1n) is 11.1. The SMILES string of the molecule is C=C(OC(=O)C(F)(F)F)C(=O)Nc1cccc(Oc2nc(Nc3cnn(C)c3)ncc2N2CCOCC2)c1. The zero-order chi connectivity index (χ0) is 27.3. The van der Waals surface area contributed by atoms with E-state index >= 15 is 0 Å². The second-order valence-electron chi connectivity index (χ2n) is 7.91. The highest BCUT2D eigenvalue weighted by molar-refractivity contribution is 6.03. The van der Waals surface area contributed by atoms with Crippen molar-refractivity contribution in [3.8, 4) is 11.6 Å². The molecule has 4 rings (SSSR count). The summed E-state index contributed by atoms with van der Waals surface area (Å²) in [6.07, 6.45) is -0.314. The van der Waals surface area contributed by atoms with E-state index in [1.165, 1.54) is 12.1 Å². The summed E-state index contributed by atoms with van der Waals surface area (Å²) < 4.78 is 54.2. The van der Waals surface area contributed by atoms with Gasteiger partial charge in [0.05, 0.1) is 31.3 Å². The predicted octanol–water partition coefficient (Wildman–Crippen LogP) is 3.14. The lowest BCUT2D eigenvalue weighted by Crippen LogP contribution is -2.36. The summed E-state index contributed by atoms with van der Waals surface area (Å²) in [4.78, 5) is 34.0. The molecule has 1 aromatic carbocycles. The first-order valence-corrected chi connectivity index (χ1v) is 11.1. The Labute approximate surface area is 214 Å². The van der Waals surface area contributed by atoms with Crippen LogP contribution in [0.2, 0.25) is 0 Å². The largest absolute Gasteiger partial charge is 0.491 e. The molecule has 1 aliphatic rings. The Morgan fingerprint density at radius 3 is 2.61 bits per heavy atom. The Hall–Kier alpha value is -4.66. The maximum atomic E-state index is 12.4. The van der Waals surface area contributed by atoms with Gasteiger partial charge in [0, 0.05) is 38.1 Å². The molecule has 38 heavy (non-hydrogen) atoms. The summed E-state index contributed by atoms with van der Waals surface area (Å²) in [5.74, 6) is -4.00. The zero-order valence-electron chi connectivity index (χ0n) is 20.0. The molecule has 1 amide bonds. The van der Waals surface area contributed by atoms with E-state index in [0.717, 1.165) is 0 Å². The molecule has 200 valence electrons. The van der Waals surface area contributed by atoms with Crippen molar-refractivity contribution in [2.24, 2.45) is 7.05 Å². The fourth-order valence-corrected chi connectivity index (χ4v) is 3.30. The number of hydrogen-bond donors (Lipinski definition) is 2. The molecule has 0 spiro atoms. The lowest BCUT2D eigenvalue weighted by molar-refractivity contribution is -0.195. The number of rotatable bonds is 8. The quantitative estimate of drug-likeness (QED) is 0.253. The van der Waals surface area contributed by atoms with E-state index in [4.69, 9.17) is 9.47 Å². The summed E-state index contributed by atoms with van der Waals surface area (Å²) in [6.45, 7) is 5.27. The number of anilines is 4. The summed E-state index contributed by atoms with van der Waals surface area (Å²) >= 11 is 0. The van der Waals surface area contributed by atoms with Crippen LogP contribution in [0.5, 0.6) is 11.6 Å². The smallest absolute Gasteiger partial charge is 0.437 e. The molecule has 15 heteroatoms. The fraction of sp³-hybridized carbons (Fsp3) is 0.261. The van der Waals surface area contributed by atoms with Gasteiger partial charge in [0.2, 0.25) is 11.8 Å². The topological polar surface area (TPSA) is 133 Å². The number of aryl methyl sites for hydroxylation is 1. The number of aromatic nitrogens is 4. The van der Waals surface area contributed by atoms with Crippen molar-refractivity contribution in [1.82, 2.24) is 19.7 Å². The molecule has 3 heterocycles. The van der Waals surface area contributed by atoms with Crippen LogP contribution < -0.4 is 20.3 Å². The van der Waals surface area contributed by atoms with Gasteiger partial charge in [-0.1, -0.05) is 12.6 Å². The van der Waals surface area contributed by atoms with Crippen molar-refractivity contribution >= 4 is 34.9 Å². The van der Waals surface area contributed by atoms with Crippen LogP contribution in [0.3, 0.4) is 0 Å². The summed E-state index contributed by atoms with van der Waals surface area (Å²) in [7, 11) is 1.77. The molecule has 0 radical (unpaired) electrons. The van der Waals surface area contributed by atoms with Gasteiger partial charge in [-0.25, -0.2) is 9.78 Å². The summed E-state index contributed by atoms with van der Waals surface area (Å²) in [6, 6.07) is 6.01. The molecule has 3 aromatic rings. The van der Waals surface area contributed by atoms with Crippen molar-refractivity contribution < 1.29 is 37.0 Å². The van der Waals surface area contributed by atoms with E-state index < -0.39 is 23.8 Å². The van der Waals surface area contributed by atoms with Crippen LogP contribution in [0.15, 0.2) is 55.2 Å². The maximum Gasteiger partial charge on any atom is 0.491 e. The van der Waals surface area contributed by atoms with Crippen molar-refractivity contribution in [2.45, 2.75) is 6.18 Å². The van der Waals surface area contributed by atoms with Gasteiger partial charge in [-0.3, -0.25) is 9.48 Å². The van der Waals surface area contributed by atoms with Crippen LogP contribution in [0.4, 0.5) is 36.2 Å². The van der Waals surface area contributed by atoms with Crippen LogP contribution in [-0.2, 0) is 26.1 Å². The average molecular weight is 533 g/mol. The third-order valence-electron chi connectivity index (χ3n) is 5.06. The number of morpholine rings is 1. The third kappa shape index (κ3) is 6.76. The highest BCUT2D eigenvalue weighted by Gasteiger charge is 2.42. The number of amides is 1. The monoisotopic (exact) mass is 533 g/mol. The van der Waals surface area contributed by atoms with Crippen molar-refractivity contribution in [2.75, 3.05) is 41.8 Å². The average Bonchev–Trinajstić information content (AvgIpc) is 3.28. The lowest BCUT2D eigenvalue weighted by atomic mass is 10.3. The Morgan fingerprint density at radius 2 is 1.92 bits per heavy atom. The van der Waals surface area contributed by atoms with Gasteiger partial charge in [0.1, 0.15) is 11.4 Å². The standard InChI is InChI=1S/C23H22F3N7O5/c1-14(37-21(35)23(24,25)26)19(34)29-15-4-3-5-17(10-15)38-20-18(33-6-8-36-9-7-33)12-27-22(31-20)30-16-11-28-32(2)13-16/h3-5,10-13H,1,6-9H2,2H3,(H,29,34)(H,27,30,31). The van der Waals surface area contributed by atoms with Gasteiger partial charge in [0.15, 0.2) is 5.76 Å². The van der Waals surface area contributed by atoms with E-state index in [9.17, 15) is 22.8 Å². The molecule has 0 bridgehead atoms. The Bertz CT molecular complexity index is 1340. The fourth-order valence-electron chi connectivity index (χ4n) is 3.30. The van der Waals surface area contributed by atoms with Gasteiger partial charge in [0.25, 0.3) is 5.91 Å². The van der Waals surface area contributed by atoms with E-state index in [-0.39, 0.29) is 23.3 Å². The van der Waals surface area contributed by atoms with Gasteiger partial charge in [-0.05, 0) is 12.1 Å². The lowest BCUT2D eigenvalue weighted by Gasteiger charge is -2.29. The molecular formula is C23H22F3N7O5. The van der Waals surface area contributed by atoms with Gasteiger partial charge < -0.3 is 29.7 Å². The first-order chi connectivity index (χ1) is 18.1. The minimum atomic E-state index is -5.27. The number of carbonyl (C=O) groups is 2. The molecule has 0 atom stereocenters. The maximum absolute atomic E-state index is 12.4. The highest BCUT2D eigenvalue weighted by atomic mass is 19.4. The number of hydrogen-bond acceptors (Lipinski definition) is 10. The van der Waals surface area contributed by atoms with Crippen LogP contribution in [0.1, 0.15) is 0 Å². The van der Waals surface area contributed by atoms with Crippen molar-refractivity contribution in [1.29, 1.82) is 0 Å². The predicted molar refractivity (Wildman–Crippen MR) is 128 cm³/mol. The molecule has 1 saturated heterocycles. The van der Waals surface area contributed by atoms with Crippen molar-refractivity contribution in [3.05, 3.63) is 55.2 Å². The number of carbonyl (C=O) groups excluding carboxylic acids is 2. The summed E-state index contributed by atoms with van der Waals surface area (Å²) in [5.41, 5.74) is 1.41. The highest BCUT2D eigenvalue weighted by Crippen LogP contribution is 2.33. The summed E-state index contributed by atoms with van der Waals surface area (Å²) in [5, 5.41) is 9.43. The van der Waals surface area contributed by atoms with Crippen molar-refractivity contribution in [3.63, 3.8) is 0 Å². The van der Waals surface area contributed by atoms with Crippen LogP contribution in [-0.4, -0.2) is 64.1 Å². The molecule has 1 aliphatic heterocycles. The van der Waals surface area contributed by atoms with E-state index in [1.807, 2.05) is 4.90 Å².